The van der Waals surface area contributed by atoms with Crippen LogP contribution in [0.4, 0.5) is 0 Å². The molecule has 6 heteroatoms. The van der Waals surface area contributed by atoms with E-state index in [4.69, 9.17) is 11.6 Å². The van der Waals surface area contributed by atoms with Crippen LogP contribution in [0.15, 0.2) is 47.6 Å². The maximum atomic E-state index is 11.8. The molecule has 0 heterocycles. The first kappa shape index (κ1) is 14.8. The molecule has 2 aromatic rings. The number of hydrazone groups is 1. The van der Waals surface area contributed by atoms with Crippen molar-refractivity contribution in [2.45, 2.75) is 0 Å². The van der Waals surface area contributed by atoms with Crippen molar-refractivity contribution in [3.05, 3.63) is 62.2 Å². The average Bonchev–Trinajstić information content (AvgIpc) is 2.43. The molecular weight excluding hydrogens is 391 g/mol. The van der Waals surface area contributed by atoms with Crippen LogP contribution < -0.4 is 5.43 Å². The lowest BCUT2D eigenvalue weighted by Crippen LogP contribution is -2.17. The number of carbonyl (C=O) groups excluding carboxylic acids is 1. The summed E-state index contributed by atoms with van der Waals surface area (Å²) in [5.41, 5.74) is 3.54. The van der Waals surface area contributed by atoms with Crippen LogP contribution in [0.2, 0.25) is 5.02 Å². The Hall–Kier alpha value is -1.60. The lowest BCUT2D eigenvalue weighted by atomic mass is 10.2. The van der Waals surface area contributed by atoms with Crippen molar-refractivity contribution < 1.29 is 9.90 Å². The van der Waals surface area contributed by atoms with Crippen molar-refractivity contribution in [1.29, 1.82) is 0 Å². The zero-order valence-electron chi connectivity index (χ0n) is 10.2. The fraction of sp³-hybridized carbons (Fsp3) is 0. The van der Waals surface area contributed by atoms with E-state index in [1.807, 2.05) is 22.6 Å². The normalized spacial score (nSPS) is 10.7. The largest absolute Gasteiger partial charge is 0.507 e. The Morgan fingerprint density at radius 2 is 2.05 bits per heavy atom. The molecule has 0 spiro atoms. The van der Waals surface area contributed by atoms with E-state index in [0.717, 1.165) is 5.56 Å². The summed E-state index contributed by atoms with van der Waals surface area (Å²) in [6.45, 7) is 0. The predicted octanol–water partition coefficient (Wildman–Crippen LogP) is 3.41. The van der Waals surface area contributed by atoms with E-state index in [2.05, 4.69) is 10.5 Å². The van der Waals surface area contributed by atoms with Gasteiger partial charge in [0.15, 0.2) is 0 Å². The molecule has 2 N–H and O–H groups in total. The van der Waals surface area contributed by atoms with Crippen LogP contribution in [0, 0.1) is 3.57 Å². The van der Waals surface area contributed by atoms with Gasteiger partial charge in [-0.05, 0) is 58.5 Å². The topological polar surface area (TPSA) is 61.7 Å². The SMILES string of the molecule is O=C(N/N=C/c1ccc(O)c(I)c1)c1ccccc1Cl. The van der Waals surface area contributed by atoms with Crippen LogP contribution in [-0.2, 0) is 0 Å². The first-order valence-corrected chi connectivity index (χ1v) is 7.10. The Bertz CT molecular complexity index is 674. The summed E-state index contributed by atoms with van der Waals surface area (Å²) in [4.78, 5) is 11.8. The van der Waals surface area contributed by atoms with Crippen molar-refractivity contribution >= 4 is 46.3 Å². The van der Waals surface area contributed by atoms with Gasteiger partial charge in [-0.15, -0.1) is 0 Å². The van der Waals surface area contributed by atoms with Gasteiger partial charge in [-0.2, -0.15) is 5.10 Å². The summed E-state index contributed by atoms with van der Waals surface area (Å²) >= 11 is 7.92. The summed E-state index contributed by atoms with van der Waals surface area (Å²) in [5, 5.41) is 13.6. The van der Waals surface area contributed by atoms with Gasteiger partial charge in [0.1, 0.15) is 5.75 Å². The lowest BCUT2D eigenvalue weighted by molar-refractivity contribution is 0.0955. The number of halogens is 2. The van der Waals surface area contributed by atoms with Gasteiger partial charge >= 0.3 is 0 Å². The smallest absolute Gasteiger partial charge is 0.272 e. The van der Waals surface area contributed by atoms with Crippen LogP contribution in [0.1, 0.15) is 15.9 Å². The summed E-state index contributed by atoms with van der Waals surface area (Å²) in [5.74, 6) is -0.164. The van der Waals surface area contributed by atoms with Gasteiger partial charge in [0.25, 0.3) is 5.91 Å². The third-order valence-electron chi connectivity index (χ3n) is 2.47. The minimum atomic E-state index is -0.375. The molecule has 0 aliphatic carbocycles. The van der Waals surface area contributed by atoms with E-state index < -0.39 is 0 Å². The van der Waals surface area contributed by atoms with Crippen molar-refractivity contribution in [3.8, 4) is 5.75 Å². The number of carbonyl (C=O) groups is 1. The van der Waals surface area contributed by atoms with Crippen LogP contribution in [-0.4, -0.2) is 17.2 Å². The highest BCUT2D eigenvalue weighted by Crippen LogP contribution is 2.19. The molecule has 0 saturated carbocycles. The number of benzene rings is 2. The molecule has 0 aliphatic heterocycles. The standard InChI is InChI=1S/C14H10ClIN2O2/c15-11-4-2-1-3-10(11)14(20)18-17-8-9-5-6-13(19)12(16)7-9/h1-8,19H,(H,18,20)/b17-8+. The number of hydrogen-bond donors (Lipinski definition) is 2. The second-order valence-corrected chi connectivity index (χ2v) is 5.46. The highest BCUT2D eigenvalue weighted by atomic mass is 127. The summed E-state index contributed by atoms with van der Waals surface area (Å²) in [7, 11) is 0. The maximum absolute atomic E-state index is 11.8. The van der Waals surface area contributed by atoms with Crippen molar-refractivity contribution in [1.82, 2.24) is 5.43 Å². The van der Waals surface area contributed by atoms with Crippen molar-refractivity contribution in [2.75, 3.05) is 0 Å². The zero-order chi connectivity index (χ0) is 14.5. The number of phenolic OH excluding ortho intramolecular Hbond substituents is 1. The molecule has 0 radical (unpaired) electrons. The van der Waals surface area contributed by atoms with Crippen LogP contribution >= 0.6 is 34.2 Å². The van der Waals surface area contributed by atoms with Crippen molar-refractivity contribution in [2.24, 2.45) is 5.10 Å². The molecular formula is C14H10ClIN2O2. The van der Waals surface area contributed by atoms with E-state index in [1.54, 1.807) is 42.5 Å². The van der Waals surface area contributed by atoms with Gasteiger partial charge in [0, 0.05) is 0 Å². The highest BCUT2D eigenvalue weighted by Gasteiger charge is 2.07. The molecule has 20 heavy (non-hydrogen) atoms. The van der Waals surface area contributed by atoms with E-state index >= 15 is 0 Å². The quantitative estimate of drug-likeness (QED) is 0.471. The zero-order valence-corrected chi connectivity index (χ0v) is 13.1. The van der Waals surface area contributed by atoms with Gasteiger partial charge < -0.3 is 5.11 Å². The fourth-order valence-electron chi connectivity index (χ4n) is 1.47. The summed E-state index contributed by atoms with van der Waals surface area (Å²) in [6, 6.07) is 11.8. The molecule has 2 aromatic carbocycles. The van der Waals surface area contributed by atoms with Gasteiger partial charge in [0.2, 0.25) is 0 Å². The molecule has 102 valence electrons. The van der Waals surface area contributed by atoms with E-state index in [1.165, 1.54) is 6.21 Å². The van der Waals surface area contributed by atoms with E-state index in [9.17, 15) is 9.90 Å². The molecule has 2 rings (SSSR count). The number of nitrogens with one attached hydrogen (secondary N) is 1. The van der Waals surface area contributed by atoms with Gasteiger partial charge in [0.05, 0.1) is 20.4 Å². The summed E-state index contributed by atoms with van der Waals surface area (Å²) in [6.07, 6.45) is 1.50. The third-order valence-corrected chi connectivity index (χ3v) is 3.66. The second kappa shape index (κ2) is 6.71. The number of aromatic hydroxyl groups is 1. The predicted molar refractivity (Wildman–Crippen MR) is 87.3 cm³/mol. The number of phenols is 1. The average molecular weight is 401 g/mol. The van der Waals surface area contributed by atoms with E-state index in [-0.39, 0.29) is 11.7 Å². The number of nitrogens with zero attached hydrogens (tertiary/aromatic N) is 1. The first-order chi connectivity index (χ1) is 9.58. The van der Waals surface area contributed by atoms with Gasteiger partial charge in [-0.1, -0.05) is 23.7 Å². The number of amides is 1. The van der Waals surface area contributed by atoms with E-state index in [0.29, 0.717) is 14.2 Å². The molecule has 1 amide bonds. The van der Waals surface area contributed by atoms with Gasteiger partial charge in [-0.3, -0.25) is 4.79 Å². The molecule has 0 saturated heterocycles. The molecule has 4 nitrogen and oxygen atoms in total. The maximum Gasteiger partial charge on any atom is 0.272 e. The molecule has 0 bridgehead atoms. The Morgan fingerprint density at radius 1 is 1.30 bits per heavy atom. The fourth-order valence-corrected chi connectivity index (χ4v) is 2.24. The van der Waals surface area contributed by atoms with Crippen LogP contribution in [0.3, 0.4) is 0 Å². The first-order valence-electron chi connectivity index (χ1n) is 5.64. The second-order valence-electron chi connectivity index (χ2n) is 3.89. The Labute approximate surface area is 134 Å². The lowest BCUT2D eigenvalue weighted by Gasteiger charge is -2.02. The van der Waals surface area contributed by atoms with Crippen molar-refractivity contribution in [3.63, 3.8) is 0 Å². The summed E-state index contributed by atoms with van der Waals surface area (Å²) < 4.78 is 0.712. The molecule has 0 fully saturated rings. The number of rotatable bonds is 3. The minimum Gasteiger partial charge on any atom is -0.507 e. The molecule has 0 unspecified atom stereocenters. The Balaban J connectivity index is 2.05. The van der Waals surface area contributed by atoms with Gasteiger partial charge in [-0.25, -0.2) is 5.43 Å². The van der Waals surface area contributed by atoms with Crippen LogP contribution in [0.5, 0.6) is 5.75 Å². The minimum absolute atomic E-state index is 0.211. The third kappa shape index (κ3) is 3.71. The van der Waals surface area contributed by atoms with Crippen LogP contribution in [0.25, 0.3) is 0 Å². The monoisotopic (exact) mass is 400 g/mol. The molecule has 0 aromatic heterocycles. The number of hydrogen-bond acceptors (Lipinski definition) is 3. The molecule has 0 atom stereocenters. The Morgan fingerprint density at radius 3 is 2.75 bits per heavy atom. The molecule has 0 aliphatic rings. The Kier molecular flexibility index (Phi) is 4.97. The highest BCUT2D eigenvalue weighted by molar-refractivity contribution is 14.1.